The van der Waals surface area contributed by atoms with Gasteiger partial charge >= 0.3 is 6.18 Å². The monoisotopic (exact) mass is 433 g/mol. The first-order valence-corrected chi connectivity index (χ1v) is 10.4. The number of nitrogens with one attached hydrogen (secondary N) is 1. The second-order valence-electron chi connectivity index (χ2n) is 7.34. The zero-order valence-electron chi connectivity index (χ0n) is 15.8. The highest BCUT2D eigenvalue weighted by molar-refractivity contribution is 7.18. The molecule has 4 rings (SSSR count). The molecule has 1 aliphatic rings. The SMILES string of the molecule is O=C[C@H]1CC[C@H](c2nc3ccc(NC(=O)c4cccc(C(F)(F)F)n4)cc3s2)CC1. The van der Waals surface area contributed by atoms with Crippen molar-refractivity contribution in [1.29, 1.82) is 0 Å². The highest BCUT2D eigenvalue weighted by atomic mass is 32.1. The van der Waals surface area contributed by atoms with Gasteiger partial charge in [-0.3, -0.25) is 4.79 Å². The molecular formula is C21H18F3N3O2S. The Morgan fingerprint density at radius 2 is 1.87 bits per heavy atom. The van der Waals surface area contributed by atoms with Gasteiger partial charge in [-0.15, -0.1) is 11.3 Å². The Labute approximate surface area is 174 Å². The topological polar surface area (TPSA) is 72.0 Å². The number of amides is 1. The zero-order valence-corrected chi connectivity index (χ0v) is 16.6. The van der Waals surface area contributed by atoms with Gasteiger partial charge in [0, 0.05) is 17.5 Å². The largest absolute Gasteiger partial charge is 0.433 e. The lowest BCUT2D eigenvalue weighted by Gasteiger charge is -2.23. The Morgan fingerprint density at radius 3 is 2.57 bits per heavy atom. The average Bonchev–Trinajstić information content (AvgIpc) is 3.16. The lowest BCUT2D eigenvalue weighted by Crippen LogP contribution is -2.16. The molecule has 9 heteroatoms. The van der Waals surface area contributed by atoms with Crippen molar-refractivity contribution in [2.45, 2.75) is 37.8 Å². The van der Waals surface area contributed by atoms with Crippen molar-refractivity contribution < 1.29 is 22.8 Å². The maximum atomic E-state index is 12.8. The molecule has 5 nitrogen and oxygen atoms in total. The number of halogens is 3. The minimum absolute atomic E-state index is 0.141. The molecule has 30 heavy (non-hydrogen) atoms. The van der Waals surface area contributed by atoms with Crippen molar-refractivity contribution in [2.75, 3.05) is 5.32 Å². The van der Waals surface area contributed by atoms with Crippen LogP contribution in [0.15, 0.2) is 36.4 Å². The number of thiazole rings is 1. The minimum atomic E-state index is -4.61. The van der Waals surface area contributed by atoms with E-state index in [0.717, 1.165) is 59.3 Å². The molecule has 0 aliphatic heterocycles. The van der Waals surface area contributed by atoms with Crippen LogP contribution < -0.4 is 5.32 Å². The molecule has 0 unspecified atom stereocenters. The van der Waals surface area contributed by atoms with Gasteiger partial charge in [-0.1, -0.05) is 6.07 Å². The molecule has 2 aromatic heterocycles. The van der Waals surface area contributed by atoms with E-state index in [0.29, 0.717) is 11.6 Å². The van der Waals surface area contributed by atoms with Gasteiger partial charge in [0.15, 0.2) is 0 Å². The van der Waals surface area contributed by atoms with Crippen molar-refractivity contribution in [3.8, 4) is 0 Å². The molecule has 156 valence electrons. The number of carbonyl (C=O) groups excluding carboxylic acids is 2. The van der Waals surface area contributed by atoms with E-state index in [1.807, 2.05) is 0 Å². The summed E-state index contributed by atoms with van der Waals surface area (Å²) in [5.41, 5.74) is -0.141. The summed E-state index contributed by atoms with van der Waals surface area (Å²) in [6.45, 7) is 0. The molecule has 1 N–H and O–H groups in total. The molecule has 0 saturated heterocycles. The third kappa shape index (κ3) is 4.35. The lowest BCUT2D eigenvalue weighted by molar-refractivity contribution is -0.141. The van der Waals surface area contributed by atoms with Crippen LogP contribution in [-0.4, -0.2) is 22.2 Å². The van der Waals surface area contributed by atoms with Crippen molar-refractivity contribution in [3.63, 3.8) is 0 Å². The Morgan fingerprint density at radius 1 is 1.10 bits per heavy atom. The summed E-state index contributed by atoms with van der Waals surface area (Å²) in [6.07, 6.45) is 0.00866. The number of alkyl halides is 3. The fourth-order valence-corrected chi connectivity index (χ4v) is 4.79. The minimum Gasteiger partial charge on any atom is -0.321 e. The Hall–Kier alpha value is -2.81. The van der Waals surface area contributed by atoms with Crippen LogP contribution in [0.5, 0.6) is 0 Å². The van der Waals surface area contributed by atoms with Crippen LogP contribution in [0.25, 0.3) is 10.2 Å². The van der Waals surface area contributed by atoms with Crippen LogP contribution in [-0.2, 0) is 11.0 Å². The van der Waals surface area contributed by atoms with Crippen LogP contribution in [0.4, 0.5) is 18.9 Å². The number of rotatable bonds is 4. The summed E-state index contributed by atoms with van der Waals surface area (Å²) < 4.78 is 39.3. The Kier molecular flexibility index (Phi) is 5.55. The standard InChI is InChI=1S/C21H18F3N3O2S/c22-21(23,24)18-3-1-2-16(26-18)19(29)25-14-8-9-15-17(10-14)30-20(27-15)13-6-4-12(11-28)5-7-13/h1-3,8-13H,4-7H2,(H,25,29)/t12-,13-. The van der Waals surface area contributed by atoms with E-state index in [9.17, 15) is 22.8 Å². The Balaban J connectivity index is 1.50. The van der Waals surface area contributed by atoms with Crippen LogP contribution >= 0.6 is 11.3 Å². The predicted molar refractivity (Wildman–Crippen MR) is 108 cm³/mol. The van der Waals surface area contributed by atoms with Crippen LogP contribution in [0.1, 0.15) is 52.8 Å². The van der Waals surface area contributed by atoms with Gasteiger partial charge in [-0.05, 0) is 56.0 Å². The number of fused-ring (bicyclic) bond motifs is 1. The van der Waals surface area contributed by atoms with Crippen molar-refractivity contribution >= 4 is 39.4 Å². The lowest BCUT2D eigenvalue weighted by atomic mass is 9.83. The molecule has 1 saturated carbocycles. The van der Waals surface area contributed by atoms with E-state index in [1.165, 1.54) is 6.07 Å². The summed E-state index contributed by atoms with van der Waals surface area (Å²) in [4.78, 5) is 31.4. The number of hydrogen-bond donors (Lipinski definition) is 1. The second kappa shape index (κ2) is 8.14. The summed E-state index contributed by atoms with van der Waals surface area (Å²) in [6, 6.07) is 8.43. The molecular weight excluding hydrogens is 415 g/mol. The number of carbonyl (C=O) groups is 2. The number of aromatic nitrogens is 2. The van der Waals surface area contributed by atoms with Gasteiger partial charge in [0.2, 0.25) is 0 Å². The maximum absolute atomic E-state index is 12.8. The van der Waals surface area contributed by atoms with Gasteiger partial charge < -0.3 is 10.1 Å². The normalized spacial score (nSPS) is 19.6. The molecule has 1 amide bonds. The van der Waals surface area contributed by atoms with E-state index >= 15 is 0 Å². The first kappa shape index (κ1) is 20.5. The molecule has 3 aromatic rings. The summed E-state index contributed by atoms with van der Waals surface area (Å²) in [7, 11) is 0. The predicted octanol–water partition coefficient (Wildman–Crippen LogP) is 5.44. The number of anilines is 1. The van der Waals surface area contributed by atoms with Gasteiger partial charge in [-0.2, -0.15) is 13.2 Å². The summed E-state index contributed by atoms with van der Waals surface area (Å²) in [5.74, 6) is -0.245. The summed E-state index contributed by atoms with van der Waals surface area (Å²) in [5, 5.41) is 3.61. The highest BCUT2D eigenvalue weighted by Gasteiger charge is 2.33. The molecule has 1 aromatic carbocycles. The number of aldehydes is 1. The van der Waals surface area contributed by atoms with Gasteiger partial charge in [0.05, 0.1) is 15.2 Å². The van der Waals surface area contributed by atoms with E-state index in [-0.39, 0.29) is 11.6 Å². The average molecular weight is 433 g/mol. The van der Waals surface area contributed by atoms with Crippen molar-refractivity contribution in [2.24, 2.45) is 5.92 Å². The fourth-order valence-electron chi connectivity index (χ4n) is 3.61. The number of nitrogens with zero attached hydrogens (tertiary/aromatic N) is 2. The number of hydrogen-bond acceptors (Lipinski definition) is 5. The number of benzene rings is 1. The third-order valence-electron chi connectivity index (χ3n) is 5.25. The smallest absolute Gasteiger partial charge is 0.321 e. The molecule has 1 aliphatic carbocycles. The molecule has 0 bridgehead atoms. The quantitative estimate of drug-likeness (QED) is 0.557. The number of pyridine rings is 1. The van der Waals surface area contributed by atoms with Gasteiger partial charge in [-0.25, -0.2) is 9.97 Å². The van der Waals surface area contributed by atoms with Gasteiger partial charge in [0.1, 0.15) is 17.7 Å². The molecule has 0 radical (unpaired) electrons. The van der Waals surface area contributed by atoms with Crippen molar-refractivity contribution in [3.05, 3.63) is 52.8 Å². The molecule has 0 atom stereocenters. The van der Waals surface area contributed by atoms with E-state index in [2.05, 4.69) is 15.3 Å². The van der Waals surface area contributed by atoms with E-state index < -0.39 is 17.8 Å². The van der Waals surface area contributed by atoms with Crippen LogP contribution in [0, 0.1) is 5.92 Å². The fraction of sp³-hybridized carbons (Fsp3) is 0.333. The van der Waals surface area contributed by atoms with E-state index in [1.54, 1.807) is 29.5 Å². The maximum Gasteiger partial charge on any atom is 0.433 e. The molecule has 2 heterocycles. The first-order chi connectivity index (χ1) is 14.3. The molecule has 1 fully saturated rings. The first-order valence-electron chi connectivity index (χ1n) is 9.55. The third-order valence-corrected chi connectivity index (χ3v) is 6.43. The highest BCUT2D eigenvalue weighted by Crippen LogP contribution is 2.39. The second-order valence-corrected chi connectivity index (χ2v) is 8.40. The van der Waals surface area contributed by atoms with E-state index in [4.69, 9.17) is 0 Å². The zero-order chi connectivity index (χ0) is 21.3. The molecule has 0 spiro atoms. The van der Waals surface area contributed by atoms with Crippen LogP contribution in [0.3, 0.4) is 0 Å². The Bertz CT molecular complexity index is 1090. The van der Waals surface area contributed by atoms with Gasteiger partial charge in [0.25, 0.3) is 5.91 Å². The summed E-state index contributed by atoms with van der Waals surface area (Å²) >= 11 is 1.54. The van der Waals surface area contributed by atoms with Crippen LogP contribution in [0.2, 0.25) is 0 Å². The van der Waals surface area contributed by atoms with Crippen molar-refractivity contribution in [1.82, 2.24) is 9.97 Å².